The number of rotatable bonds is 16. The molecule has 7 heteroatoms. The van der Waals surface area contributed by atoms with Gasteiger partial charge in [-0.15, -0.1) is 0 Å². The summed E-state index contributed by atoms with van der Waals surface area (Å²) in [5, 5.41) is 8.63. The lowest BCUT2D eigenvalue weighted by atomic mass is 10.1. The molecule has 36 heavy (non-hydrogen) atoms. The average molecular weight is 514 g/mol. The molecule has 2 aromatic rings. The van der Waals surface area contributed by atoms with Crippen LogP contribution in [0.5, 0.6) is 5.75 Å². The van der Waals surface area contributed by atoms with Gasteiger partial charge >= 0.3 is 0 Å². The first-order valence-electron chi connectivity index (χ1n) is 13.6. The third-order valence-corrected chi connectivity index (χ3v) is 7.13. The smallest absolute Gasteiger partial charge is 0.188 e. The van der Waals surface area contributed by atoms with E-state index >= 15 is 0 Å². The molecule has 0 aliphatic carbocycles. The summed E-state index contributed by atoms with van der Waals surface area (Å²) in [7, 11) is 0. The van der Waals surface area contributed by atoms with E-state index < -0.39 is 0 Å². The number of unbranched alkanes of at least 4 members (excludes halogenated alkanes) is 5. The maximum Gasteiger partial charge on any atom is 0.188 e. The fourth-order valence-corrected chi connectivity index (χ4v) is 4.77. The van der Waals surface area contributed by atoms with Crippen LogP contribution in [0, 0.1) is 5.41 Å². The van der Waals surface area contributed by atoms with Gasteiger partial charge in [-0.2, -0.15) is 0 Å². The lowest BCUT2D eigenvalue weighted by molar-refractivity contribution is 0.128. The Balaban J connectivity index is 1.16. The average Bonchev–Trinajstić information content (AvgIpc) is 2.90. The highest BCUT2D eigenvalue weighted by Gasteiger charge is 2.16. The van der Waals surface area contributed by atoms with E-state index in [-0.39, 0.29) is 5.96 Å². The van der Waals surface area contributed by atoms with Crippen LogP contribution in [0.25, 0.3) is 0 Å². The third-order valence-electron chi connectivity index (χ3n) is 6.88. The van der Waals surface area contributed by atoms with Crippen molar-refractivity contribution in [2.24, 2.45) is 5.73 Å². The fourth-order valence-electron chi connectivity index (χ4n) is 4.64. The number of para-hydroxylation sites is 1. The van der Waals surface area contributed by atoms with Crippen LogP contribution in [0.15, 0.2) is 54.6 Å². The molecule has 2 aromatic carbocycles. The van der Waals surface area contributed by atoms with Crippen molar-refractivity contribution >= 4 is 17.6 Å². The van der Waals surface area contributed by atoms with E-state index in [4.69, 9.17) is 27.5 Å². The van der Waals surface area contributed by atoms with Crippen molar-refractivity contribution < 1.29 is 4.74 Å². The van der Waals surface area contributed by atoms with E-state index in [0.29, 0.717) is 6.54 Å². The monoisotopic (exact) mass is 513 g/mol. The highest BCUT2D eigenvalue weighted by Crippen LogP contribution is 2.13. The van der Waals surface area contributed by atoms with Gasteiger partial charge in [0, 0.05) is 44.3 Å². The number of ether oxygens (including phenoxy) is 1. The zero-order valence-corrected chi connectivity index (χ0v) is 22.5. The number of nitrogens with one attached hydrogen (secondary N) is 1. The van der Waals surface area contributed by atoms with Crippen molar-refractivity contribution in [2.75, 3.05) is 52.4 Å². The molecule has 0 spiro atoms. The molecule has 0 amide bonds. The Morgan fingerprint density at radius 1 is 0.806 bits per heavy atom. The molecule has 1 aliphatic rings. The maximum absolute atomic E-state index is 7.90. The van der Waals surface area contributed by atoms with Crippen molar-refractivity contribution in [1.82, 2.24) is 14.7 Å². The molecular weight excluding hydrogens is 470 g/mol. The van der Waals surface area contributed by atoms with E-state index in [1.54, 1.807) is 0 Å². The molecule has 0 radical (unpaired) electrons. The Morgan fingerprint density at radius 3 is 2.03 bits per heavy atom. The van der Waals surface area contributed by atoms with Crippen LogP contribution in [0.1, 0.15) is 50.5 Å². The van der Waals surface area contributed by atoms with E-state index in [1.807, 2.05) is 59.5 Å². The molecule has 6 nitrogen and oxygen atoms in total. The standard InChI is InChI=1S/C29H44ClN5O/c30-27-15-13-26(14-16-27)25-35(29(31)32)19-9-8-18-34-22-20-33(21-23-34)17-7-2-1-3-10-24-36-28-11-5-4-6-12-28/h4-6,11-16H,1-3,7-10,17-25H2,(H3,31,32). The summed E-state index contributed by atoms with van der Waals surface area (Å²) in [6.45, 7) is 9.35. The molecule has 1 fully saturated rings. The summed E-state index contributed by atoms with van der Waals surface area (Å²) in [5.41, 5.74) is 6.95. The number of guanidine groups is 1. The fraction of sp³-hybridized carbons (Fsp3) is 0.552. The zero-order chi connectivity index (χ0) is 25.4. The number of benzene rings is 2. The molecule has 0 saturated carbocycles. The van der Waals surface area contributed by atoms with Crippen molar-refractivity contribution in [3.05, 3.63) is 65.2 Å². The lowest BCUT2D eigenvalue weighted by Gasteiger charge is -2.34. The van der Waals surface area contributed by atoms with Crippen molar-refractivity contribution in [1.29, 1.82) is 5.41 Å². The lowest BCUT2D eigenvalue weighted by Crippen LogP contribution is -2.46. The summed E-state index contributed by atoms with van der Waals surface area (Å²) in [6.07, 6.45) is 8.48. The number of piperazine rings is 1. The molecule has 198 valence electrons. The Kier molecular flexibility index (Phi) is 12.9. The van der Waals surface area contributed by atoms with Crippen LogP contribution in [-0.4, -0.2) is 73.1 Å². The van der Waals surface area contributed by atoms with Gasteiger partial charge in [0.25, 0.3) is 0 Å². The first kappa shape index (κ1) is 28.3. The van der Waals surface area contributed by atoms with Crippen LogP contribution in [0.4, 0.5) is 0 Å². The van der Waals surface area contributed by atoms with E-state index in [1.165, 1.54) is 45.3 Å². The van der Waals surface area contributed by atoms with Crippen LogP contribution in [0.2, 0.25) is 5.02 Å². The second-order valence-electron chi connectivity index (χ2n) is 9.75. The van der Waals surface area contributed by atoms with E-state index in [2.05, 4.69) is 9.80 Å². The van der Waals surface area contributed by atoms with Crippen LogP contribution < -0.4 is 10.5 Å². The summed E-state index contributed by atoms with van der Waals surface area (Å²) < 4.78 is 5.77. The molecule has 3 rings (SSSR count). The van der Waals surface area contributed by atoms with Gasteiger partial charge in [0.2, 0.25) is 0 Å². The molecule has 1 aliphatic heterocycles. The predicted molar refractivity (Wildman–Crippen MR) is 151 cm³/mol. The number of hydrogen-bond acceptors (Lipinski definition) is 4. The number of nitrogens with two attached hydrogens (primary N) is 1. The first-order valence-corrected chi connectivity index (χ1v) is 13.9. The summed E-state index contributed by atoms with van der Waals surface area (Å²) in [6, 6.07) is 17.9. The maximum atomic E-state index is 7.90. The molecule has 1 saturated heterocycles. The molecule has 0 atom stereocenters. The summed E-state index contributed by atoms with van der Waals surface area (Å²) in [4.78, 5) is 7.15. The van der Waals surface area contributed by atoms with Gasteiger partial charge in [0.05, 0.1) is 6.61 Å². The van der Waals surface area contributed by atoms with Gasteiger partial charge in [0.15, 0.2) is 5.96 Å². The predicted octanol–water partition coefficient (Wildman–Crippen LogP) is 5.46. The van der Waals surface area contributed by atoms with Gasteiger partial charge in [-0.05, 0) is 68.6 Å². The minimum atomic E-state index is 0.138. The zero-order valence-electron chi connectivity index (χ0n) is 21.7. The Hall–Kier alpha value is -2.28. The summed E-state index contributed by atoms with van der Waals surface area (Å²) >= 11 is 5.97. The third kappa shape index (κ3) is 11.2. The SMILES string of the molecule is N=C(N)N(CCCCN1CCN(CCCCCCCOc2ccccc2)CC1)Cc1ccc(Cl)cc1. The normalized spacial score (nSPS) is 14.6. The largest absolute Gasteiger partial charge is 0.494 e. The molecule has 0 bridgehead atoms. The molecule has 0 unspecified atom stereocenters. The molecule has 1 heterocycles. The van der Waals surface area contributed by atoms with Gasteiger partial charge in [-0.1, -0.05) is 61.2 Å². The quantitative estimate of drug-likeness (QED) is 0.177. The van der Waals surface area contributed by atoms with E-state index in [0.717, 1.165) is 68.4 Å². The van der Waals surface area contributed by atoms with Crippen molar-refractivity contribution in [3.63, 3.8) is 0 Å². The van der Waals surface area contributed by atoms with Crippen molar-refractivity contribution in [3.8, 4) is 5.75 Å². The highest BCUT2D eigenvalue weighted by atomic mass is 35.5. The molecular formula is C29H44ClN5O. The second-order valence-corrected chi connectivity index (χ2v) is 10.2. The minimum Gasteiger partial charge on any atom is -0.494 e. The Labute approximate surface area is 222 Å². The molecule has 3 N–H and O–H groups in total. The van der Waals surface area contributed by atoms with Gasteiger partial charge in [0.1, 0.15) is 5.75 Å². The second kappa shape index (κ2) is 16.5. The van der Waals surface area contributed by atoms with Crippen LogP contribution in [-0.2, 0) is 6.54 Å². The summed E-state index contributed by atoms with van der Waals surface area (Å²) in [5.74, 6) is 1.11. The number of hydrogen-bond donors (Lipinski definition) is 2. The number of nitrogens with zero attached hydrogens (tertiary/aromatic N) is 3. The Morgan fingerprint density at radius 2 is 1.39 bits per heavy atom. The topological polar surface area (TPSA) is 68.8 Å². The van der Waals surface area contributed by atoms with Gasteiger partial charge < -0.3 is 25.2 Å². The van der Waals surface area contributed by atoms with Crippen molar-refractivity contribution in [2.45, 2.75) is 51.5 Å². The minimum absolute atomic E-state index is 0.138. The van der Waals surface area contributed by atoms with Crippen LogP contribution >= 0.6 is 11.6 Å². The Bertz CT molecular complexity index is 856. The molecule has 0 aromatic heterocycles. The van der Waals surface area contributed by atoms with Crippen LogP contribution in [0.3, 0.4) is 0 Å². The number of halogens is 1. The van der Waals surface area contributed by atoms with E-state index in [9.17, 15) is 0 Å². The first-order chi connectivity index (χ1) is 17.6. The van der Waals surface area contributed by atoms with Gasteiger partial charge in [-0.3, -0.25) is 5.41 Å². The highest BCUT2D eigenvalue weighted by molar-refractivity contribution is 6.30. The van der Waals surface area contributed by atoms with Gasteiger partial charge in [-0.25, -0.2) is 0 Å².